The molecule has 0 aliphatic carbocycles. The Labute approximate surface area is 180 Å². The minimum absolute atomic E-state index is 0.193. The van der Waals surface area contributed by atoms with E-state index in [1.165, 1.54) is 13.2 Å². The average Bonchev–Trinajstić information content (AvgIpc) is 3.37. The number of aryl methyl sites for hydroxylation is 1. The van der Waals surface area contributed by atoms with E-state index < -0.39 is 5.82 Å². The summed E-state index contributed by atoms with van der Waals surface area (Å²) < 4.78 is 25.4. The molecule has 1 N–H and O–H groups in total. The summed E-state index contributed by atoms with van der Waals surface area (Å²) in [5.41, 5.74) is 3.20. The number of methoxy groups -OCH3 is 1. The number of oxazole rings is 1. The highest BCUT2D eigenvalue weighted by Crippen LogP contribution is 2.33. The van der Waals surface area contributed by atoms with Crippen molar-refractivity contribution in [3.63, 3.8) is 0 Å². The van der Waals surface area contributed by atoms with Gasteiger partial charge in [0, 0.05) is 12.6 Å². The van der Waals surface area contributed by atoms with E-state index in [1.54, 1.807) is 12.1 Å². The Morgan fingerprint density at radius 2 is 2.06 bits per heavy atom. The number of benzene rings is 2. The first kappa shape index (κ1) is 19.8. The van der Waals surface area contributed by atoms with Crippen LogP contribution in [0.25, 0.3) is 22.5 Å². The van der Waals surface area contributed by atoms with Gasteiger partial charge in [-0.3, -0.25) is 4.90 Å². The van der Waals surface area contributed by atoms with Gasteiger partial charge in [-0.05, 0) is 50.6 Å². The molecule has 5 rings (SSSR count). The Bertz CT molecular complexity index is 1180. The monoisotopic (exact) mass is 420 g/mol. The van der Waals surface area contributed by atoms with Gasteiger partial charge in [0.2, 0.25) is 5.89 Å². The molecule has 0 bridgehead atoms. The van der Waals surface area contributed by atoms with Gasteiger partial charge in [0.1, 0.15) is 23.2 Å². The quantitative estimate of drug-likeness (QED) is 0.468. The first-order valence-corrected chi connectivity index (χ1v) is 10.6. The molecule has 1 saturated heterocycles. The van der Waals surface area contributed by atoms with Gasteiger partial charge in [-0.25, -0.2) is 14.4 Å². The predicted molar refractivity (Wildman–Crippen MR) is 116 cm³/mol. The number of aromatic amines is 1. The largest absolute Gasteiger partial charge is 0.497 e. The Kier molecular flexibility index (Phi) is 5.19. The van der Waals surface area contributed by atoms with Crippen LogP contribution in [-0.2, 0) is 6.54 Å². The number of imidazole rings is 1. The SMILES string of the molecule is COc1ccc(-c2nc(CN3CCCC[C@@H]3c3nc4ccccc4[nH]3)c(C)o2)c(F)c1. The lowest BCUT2D eigenvalue weighted by Gasteiger charge is -2.34. The lowest BCUT2D eigenvalue weighted by molar-refractivity contribution is 0.132. The number of hydrogen-bond acceptors (Lipinski definition) is 5. The second-order valence-corrected chi connectivity index (χ2v) is 7.99. The van der Waals surface area contributed by atoms with Crippen LogP contribution < -0.4 is 4.74 Å². The van der Waals surface area contributed by atoms with E-state index in [1.807, 2.05) is 25.1 Å². The second-order valence-electron chi connectivity index (χ2n) is 7.99. The van der Waals surface area contributed by atoms with Crippen molar-refractivity contribution in [2.75, 3.05) is 13.7 Å². The van der Waals surface area contributed by atoms with E-state index in [0.717, 1.165) is 48.4 Å². The first-order chi connectivity index (χ1) is 15.1. The molecule has 1 atom stereocenters. The van der Waals surface area contributed by atoms with Crippen molar-refractivity contribution in [2.24, 2.45) is 0 Å². The van der Waals surface area contributed by atoms with E-state index in [9.17, 15) is 4.39 Å². The zero-order chi connectivity index (χ0) is 21.4. The van der Waals surface area contributed by atoms with Crippen LogP contribution in [0, 0.1) is 12.7 Å². The zero-order valence-corrected chi connectivity index (χ0v) is 17.7. The third-order valence-corrected chi connectivity index (χ3v) is 5.99. The molecule has 4 aromatic rings. The summed E-state index contributed by atoms with van der Waals surface area (Å²) in [6.45, 7) is 3.47. The average molecular weight is 420 g/mol. The van der Waals surface area contributed by atoms with Crippen LogP contribution in [0.5, 0.6) is 5.75 Å². The number of aromatic nitrogens is 3. The molecule has 0 unspecified atom stereocenters. The summed E-state index contributed by atoms with van der Waals surface area (Å²) in [6, 6.07) is 13.0. The van der Waals surface area contributed by atoms with Gasteiger partial charge in [0.25, 0.3) is 0 Å². The number of piperidine rings is 1. The van der Waals surface area contributed by atoms with Crippen LogP contribution in [-0.4, -0.2) is 33.5 Å². The fraction of sp³-hybridized carbons (Fsp3) is 0.333. The van der Waals surface area contributed by atoms with Gasteiger partial charge in [0.15, 0.2) is 0 Å². The highest BCUT2D eigenvalue weighted by Gasteiger charge is 2.28. The topological polar surface area (TPSA) is 67.2 Å². The number of rotatable bonds is 5. The van der Waals surface area contributed by atoms with Crippen LogP contribution in [0.1, 0.15) is 42.6 Å². The van der Waals surface area contributed by atoms with Gasteiger partial charge in [-0.2, -0.15) is 0 Å². The number of para-hydroxylation sites is 2. The maximum Gasteiger partial charge on any atom is 0.229 e. The summed E-state index contributed by atoms with van der Waals surface area (Å²) in [7, 11) is 1.51. The highest BCUT2D eigenvalue weighted by molar-refractivity contribution is 5.74. The summed E-state index contributed by atoms with van der Waals surface area (Å²) in [4.78, 5) is 15.3. The normalized spacial score (nSPS) is 17.3. The Balaban J connectivity index is 1.41. The molecule has 0 saturated carbocycles. The Morgan fingerprint density at radius 1 is 1.19 bits per heavy atom. The fourth-order valence-electron chi connectivity index (χ4n) is 4.30. The number of ether oxygens (including phenoxy) is 1. The van der Waals surface area contributed by atoms with E-state index >= 15 is 0 Å². The van der Waals surface area contributed by atoms with Gasteiger partial charge < -0.3 is 14.1 Å². The second kappa shape index (κ2) is 8.15. The van der Waals surface area contributed by atoms with Crippen LogP contribution in [0.4, 0.5) is 4.39 Å². The van der Waals surface area contributed by atoms with Gasteiger partial charge in [-0.1, -0.05) is 18.6 Å². The van der Waals surface area contributed by atoms with Crippen LogP contribution in [0.3, 0.4) is 0 Å². The van der Waals surface area contributed by atoms with E-state index in [4.69, 9.17) is 14.1 Å². The number of H-pyrrole nitrogens is 1. The fourth-order valence-corrected chi connectivity index (χ4v) is 4.30. The third kappa shape index (κ3) is 3.81. The number of fused-ring (bicyclic) bond motifs is 1. The third-order valence-electron chi connectivity index (χ3n) is 5.99. The van der Waals surface area contributed by atoms with E-state index in [0.29, 0.717) is 29.5 Å². The number of hydrogen-bond donors (Lipinski definition) is 1. The van der Waals surface area contributed by atoms with Crippen molar-refractivity contribution in [3.8, 4) is 17.2 Å². The molecule has 0 spiro atoms. The van der Waals surface area contributed by atoms with Crippen molar-refractivity contribution in [2.45, 2.75) is 38.8 Å². The van der Waals surface area contributed by atoms with Crippen molar-refractivity contribution in [1.82, 2.24) is 19.9 Å². The first-order valence-electron chi connectivity index (χ1n) is 10.6. The van der Waals surface area contributed by atoms with Gasteiger partial charge in [-0.15, -0.1) is 0 Å². The minimum Gasteiger partial charge on any atom is -0.497 e. The molecule has 0 radical (unpaired) electrons. The number of nitrogens with zero attached hydrogens (tertiary/aromatic N) is 3. The molecule has 6 nitrogen and oxygen atoms in total. The maximum atomic E-state index is 14.5. The zero-order valence-electron chi connectivity index (χ0n) is 17.7. The molecule has 31 heavy (non-hydrogen) atoms. The van der Waals surface area contributed by atoms with E-state index in [2.05, 4.69) is 20.9 Å². The van der Waals surface area contributed by atoms with Crippen molar-refractivity contribution in [1.29, 1.82) is 0 Å². The molecule has 1 fully saturated rings. The molecule has 7 heteroatoms. The molecule has 2 aromatic carbocycles. The molecule has 1 aliphatic rings. The smallest absolute Gasteiger partial charge is 0.229 e. The van der Waals surface area contributed by atoms with Crippen LogP contribution >= 0.6 is 0 Å². The minimum atomic E-state index is -0.412. The summed E-state index contributed by atoms with van der Waals surface area (Å²) >= 11 is 0. The molecular weight excluding hydrogens is 395 g/mol. The molecule has 1 aliphatic heterocycles. The number of halogens is 1. The summed E-state index contributed by atoms with van der Waals surface area (Å²) in [5.74, 6) is 2.05. The van der Waals surface area contributed by atoms with Crippen molar-refractivity contribution in [3.05, 3.63) is 65.6 Å². The van der Waals surface area contributed by atoms with Crippen molar-refractivity contribution < 1.29 is 13.5 Å². The highest BCUT2D eigenvalue weighted by atomic mass is 19.1. The molecule has 0 amide bonds. The summed E-state index contributed by atoms with van der Waals surface area (Å²) in [5, 5.41) is 0. The number of nitrogens with one attached hydrogen (secondary N) is 1. The lowest BCUT2D eigenvalue weighted by Crippen LogP contribution is -2.33. The van der Waals surface area contributed by atoms with Crippen molar-refractivity contribution >= 4 is 11.0 Å². The predicted octanol–water partition coefficient (Wildman–Crippen LogP) is 5.40. The molecule has 160 valence electrons. The van der Waals surface area contributed by atoms with Gasteiger partial charge in [0.05, 0.1) is 35.4 Å². The van der Waals surface area contributed by atoms with Crippen LogP contribution in [0.2, 0.25) is 0 Å². The lowest BCUT2D eigenvalue weighted by atomic mass is 10.0. The van der Waals surface area contributed by atoms with Crippen LogP contribution in [0.15, 0.2) is 46.9 Å². The standard InChI is InChI=1S/C24H25FN4O2/c1-15-21(28-24(31-15)17-11-10-16(30-2)13-18(17)25)14-29-12-6-5-9-22(29)23-26-19-7-3-4-8-20(19)27-23/h3-4,7-8,10-11,13,22H,5-6,9,12,14H2,1-2H3,(H,26,27)/t22-/m1/s1. The summed E-state index contributed by atoms with van der Waals surface area (Å²) in [6.07, 6.45) is 3.34. The van der Waals surface area contributed by atoms with Gasteiger partial charge >= 0.3 is 0 Å². The maximum absolute atomic E-state index is 14.5. The molecular formula is C24H25FN4O2. The Morgan fingerprint density at radius 3 is 2.87 bits per heavy atom. The molecule has 2 aromatic heterocycles. The number of likely N-dealkylation sites (tertiary alicyclic amines) is 1. The Hall–Kier alpha value is -3.19. The molecule has 3 heterocycles. The van der Waals surface area contributed by atoms with E-state index in [-0.39, 0.29) is 6.04 Å².